The van der Waals surface area contributed by atoms with Crippen molar-refractivity contribution in [3.63, 3.8) is 0 Å². The summed E-state index contributed by atoms with van der Waals surface area (Å²) in [4.78, 5) is 14.3. The van der Waals surface area contributed by atoms with Gasteiger partial charge in [-0.15, -0.1) is 0 Å². The third kappa shape index (κ3) is 3.53. The van der Waals surface area contributed by atoms with Crippen LogP contribution in [-0.4, -0.2) is 30.1 Å². The predicted octanol–water partition coefficient (Wildman–Crippen LogP) is 3.30. The molecule has 20 heavy (non-hydrogen) atoms. The maximum atomic E-state index is 12.2. The Hall–Kier alpha value is -1.51. The van der Waals surface area contributed by atoms with Crippen LogP contribution in [0.4, 0.5) is 0 Å². The second-order valence-corrected chi connectivity index (χ2v) is 6.14. The fraction of sp³-hybridized carbons (Fsp3) is 0.588. The Balaban J connectivity index is 2.10. The van der Waals surface area contributed by atoms with Gasteiger partial charge in [0.25, 0.3) is 0 Å². The van der Waals surface area contributed by atoms with Crippen molar-refractivity contribution in [2.45, 2.75) is 39.7 Å². The van der Waals surface area contributed by atoms with Gasteiger partial charge in [0.15, 0.2) is 0 Å². The number of carbonyl (C=O) groups is 1. The zero-order valence-electron chi connectivity index (χ0n) is 12.7. The second-order valence-electron chi connectivity index (χ2n) is 6.14. The Morgan fingerprint density at radius 2 is 2.25 bits per heavy atom. The molecule has 0 aromatic rings. The summed E-state index contributed by atoms with van der Waals surface area (Å²) in [5, 5.41) is 0. The number of ether oxygens (including phenoxy) is 1. The van der Waals surface area contributed by atoms with E-state index in [4.69, 9.17) is 4.74 Å². The summed E-state index contributed by atoms with van der Waals surface area (Å²) >= 11 is 0. The summed E-state index contributed by atoms with van der Waals surface area (Å²) in [7, 11) is 0. The number of allylic oxidation sites excluding steroid dienone is 4. The van der Waals surface area contributed by atoms with Crippen LogP contribution in [0.1, 0.15) is 33.6 Å². The number of rotatable bonds is 4. The highest BCUT2D eigenvalue weighted by Gasteiger charge is 2.33. The Bertz CT molecular complexity index is 438. The van der Waals surface area contributed by atoms with Crippen LogP contribution in [0, 0.1) is 11.3 Å². The molecule has 0 saturated carbocycles. The summed E-state index contributed by atoms with van der Waals surface area (Å²) in [6, 6.07) is -0.147. The summed E-state index contributed by atoms with van der Waals surface area (Å²) in [5.41, 5.74) is 0.0877. The molecule has 0 aromatic carbocycles. The standard InChI is InChI=1S/C17H25NO2/c1-4-20-16(19)15-12-14(2)8-11-18(15)13-17(3)9-6-5-7-10-17/h5-9,11,14-15H,4,10,12-13H2,1-3H3. The summed E-state index contributed by atoms with van der Waals surface area (Å²) in [5.74, 6) is 0.331. The van der Waals surface area contributed by atoms with Crippen LogP contribution in [0.25, 0.3) is 0 Å². The Kier molecular flexibility index (Phi) is 4.69. The molecular formula is C17H25NO2. The molecule has 0 saturated heterocycles. The molecule has 0 N–H and O–H groups in total. The van der Waals surface area contributed by atoms with Crippen LogP contribution >= 0.6 is 0 Å². The van der Waals surface area contributed by atoms with Gasteiger partial charge < -0.3 is 9.64 Å². The fourth-order valence-corrected chi connectivity index (χ4v) is 2.87. The van der Waals surface area contributed by atoms with Gasteiger partial charge in [-0.2, -0.15) is 0 Å². The van der Waals surface area contributed by atoms with Crippen LogP contribution < -0.4 is 0 Å². The van der Waals surface area contributed by atoms with Gasteiger partial charge >= 0.3 is 5.97 Å². The van der Waals surface area contributed by atoms with E-state index >= 15 is 0 Å². The molecule has 0 fully saturated rings. The third-order valence-electron chi connectivity index (χ3n) is 4.03. The topological polar surface area (TPSA) is 29.5 Å². The largest absolute Gasteiger partial charge is 0.464 e. The molecule has 2 rings (SSSR count). The minimum Gasteiger partial charge on any atom is -0.464 e. The quantitative estimate of drug-likeness (QED) is 0.737. The molecule has 1 aliphatic heterocycles. The average molecular weight is 275 g/mol. The molecule has 0 radical (unpaired) electrons. The minimum absolute atomic E-state index is 0.0877. The van der Waals surface area contributed by atoms with Crippen LogP contribution in [0.3, 0.4) is 0 Å². The first kappa shape index (κ1) is 14.9. The molecule has 3 unspecified atom stereocenters. The number of esters is 1. The van der Waals surface area contributed by atoms with Crippen molar-refractivity contribution < 1.29 is 9.53 Å². The van der Waals surface area contributed by atoms with E-state index in [2.05, 4.69) is 55.3 Å². The molecule has 3 nitrogen and oxygen atoms in total. The molecule has 2 aliphatic rings. The lowest BCUT2D eigenvalue weighted by molar-refractivity contribution is -0.149. The zero-order valence-corrected chi connectivity index (χ0v) is 12.7. The molecule has 1 heterocycles. The maximum absolute atomic E-state index is 12.2. The van der Waals surface area contributed by atoms with Crippen molar-refractivity contribution in [3.05, 3.63) is 36.6 Å². The van der Waals surface area contributed by atoms with Gasteiger partial charge in [-0.05, 0) is 31.9 Å². The highest BCUT2D eigenvalue weighted by atomic mass is 16.5. The SMILES string of the molecule is CCOC(=O)C1CC(C)C=CN1CC1(C)C=CC=CC1. The highest BCUT2D eigenvalue weighted by molar-refractivity contribution is 5.76. The Morgan fingerprint density at radius 1 is 1.45 bits per heavy atom. The van der Waals surface area contributed by atoms with Gasteiger partial charge in [0.05, 0.1) is 6.61 Å². The van der Waals surface area contributed by atoms with E-state index in [0.29, 0.717) is 12.5 Å². The number of hydrogen-bond acceptors (Lipinski definition) is 3. The molecule has 0 spiro atoms. The molecule has 3 heteroatoms. The van der Waals surface area contributed by atoms with E-state index in [0.717, 1.165) is 19.4 Å². The summed E-state index contributed by atoms with van der Waals surface area (Å²) < 4.78 is 5.24. The van der Waals surface area contributed by atoms with Crippen molar-refractivity contribution in [2.24, 2.45) is 11.3 Å². The van der Waals surface area contributed by atoms with E-state index in [1.807, 2.05) is 6.92 Å². The van der Waals surface area contributed by atoms with Gasteiger partial charge in [0.2, 0.25) is 0 Å². The molecule has 0 bridgehead atoms. The molecular weight excluding hydrogens is 250 g/mol. The van der Waals surface area contributed by atoms with Crippen molar-refractivity contribution in [3.8, 4) is 0 Å². The lowest BCUT2D eigenvalue weighted by Crippen LogP contribution is -2.46. The first-order chi connectivity index (χ1) is 9.54. The van der Waals surface area contributed by atoms with Gasteiger partial charge in [-0.3, -0.25) is 0 Å². The van der Waals surface area contributed by atoms with Crippen molar-refractivity contribution in [1.82, 2.24) is 4.90 Å². The minimum atomic E-state index is -0.147. The van der Waals surface area contributed by atoms with Crippen LogP contribution in [-0.2, 0) is 9.53 Å². The van der Waals surface area contributed by atoms with Crippen LogP contribution in [0.5, 0.6) is 0 Å². The zero-order chi connectivity index (χ0) is 14.6. The van der Waals surface area contributed by atoms with E-state index in [1.165, 1.54) is 0 Å². The second kappa shape index (κ2) is 6.29. The van der Waals surface area contributed by atoms with E-state index in [-0.39, 0.29) is 17.4 Å². The normalized spacial score (nSPS) is 32.5. The number of hydrogen-bond donors (Lipinski definition) is 0. The van der Waals surface area contributed by atoms with E-state index in [1.54, 1.807) is 0 Å². The maximum Gasteiger partial charge on any atom is 0.328 e. The predicted molar refractivity (Wildman–Crippen MR) is 81.1 cm³/mol. The lowest BCUT2D eigenvalue weighted by Gasteiger charge is -2.39. The van der Waals surface area contributed by atoms with Crippen molar-refractivity contribution >= 4 is 5.97 Å². The Labute approximate surface area is 122 Å². The van der Waals surface area contributed by atoms with Gasteiger partial charge in [-0.1, -0.05) is 44.2 Å². The van der Waals surface area contributed by atoms with Gasteiger partial charge in [-0.25, -0.2) is 4.79 Å². The van der Waals surface area contributed by atoms with Crippen molar-refractivity contribution in [2.75, 3.05) is 13.2 Å². The first-order valence-electron chi connectivity index (χ1n) is 7.49. The molecule has 1 aliphatic carbocycles. The van der Waals surface area contributed by atoms with Crippen LogP contribution in [0.2, 0.25) is 0 Å². The highest BCUT2D eigenvalue weighted by Crippen LogP contribution is 2.31. The summed E-state index contributed by atoms with van der Waals surface area (Å²) in [6.45, 7) is 7.54. The molecule has 3 atom stereocenters. The molecule has 110 valence electrons. The third-order valence-corrected chi connectivity index (χ3v) is 4.03. The van der Waals surface area contributed by atoms with Crippen LogP contribution in [0.15, 0.2) is 36.6 Å². The average Bonchev–Trinajstić information content (AvgIpc) is 2.41. The van der Waals surface area contributed by atoms with Gasteiger partial charge in [0.1, 0.15) is 6.04 Å². The first-order valence-corrected chi connectivity index (χ1v) is 7.49. The lowest BCUT2D eigenvalue weighted by atomic mass is 9.82. The van der Waals surface area contributed by atoms with Crippen molar-refractivity contribution in [1.29, 1.82) is 0 Å². The number of carbonyl (C=O) groups excluding carboxylic acids is 1. The Morgan fingerprint density at radius 3 is 2.90 bits per heavy atom. The molecule has 0 amide bonds. The van der Waals surface area contributed by atoms with E-state index in [9.17, 15) is 4.79 Å². The number of nitrogens with zero attached hydrogens (tertiary/aromatic N) is 1. The van der Waals surface area contributed by atoms with Gasteiger partial charge in [0, 0.05) is 12.0 Å². The monoisotopic (exact) mass is 275 g/mol. The van der Waals surface area contributed by atoms with E-state index < -0.39 is 0 Å². The molecule has 0 aromatic heterocycles. The smallest absolute Gasteiger partial charge is 0.328 e. The summed E-state index contributed by atoms with van der Waals surface area (Å²) in [6.07, 6.45) is 14.7. The fourth-order valence-electron chi connectivity index (χ4n) is 2.87.